The number of hydrogen-bond donors (Lipinski definition) is 2. The zero-order valence-electron chi connectivity index (χ0n) is 21.7. The molecule has 1 aliphatic heterocycles. The van der Waals surface area contributed by atoms with Crippen LogP contribution in [-0.4, -0.2) is 33.5 Å². The van der Waals surface area contributed by atoms with Crippen LogP contribution in [0, 0.1) is 13.8 Å². The summed E-state index contributed by atoms with van der Waals surface area (Å²) in [6.45, 7) is 8.13. The first-order valence-electron chi connectivity index (χ1n) is 12.8. The molecule has 2 atom stereocenters. The first-order valence-corrected chi connectivity index (χ1v) is 12.8. The standard InChI is InChI=1S/C32H30N2O3/c1-17-14-22-20-11-7-9-13-24(20)34(28(22)25(15-17)36-5)29-26-27-21(19-10-6-8-12-23(19)33-27)16-18(2)30(26)37-32(3,4)31(29)35/h6-16,29,31,33,35H,1-5H3. The summed E-state index contributed by atoms with van der Waals surface area (Å²) in [4.78, 5) is 3.67. The van der Waals surface area contributed by atoms with Crippen molar-refractivity contribution in [3.8, 4) is 11.5 Å². The van der Waals surface area contributed by atoms with Gasteiger partial charge in [0.25, 0.3) is 0 Å². The number of aliphatic hydroxyl groups excluding tert-OH is 1. The van der Waals surface area contributed by atoms with Gasteiger partial charge in [0.15, 0.2) is 0 Å². The van der Waals surface area contributed by atoms with Crippen LogP contribution >= 0.6 is 0 Å². The van der Waals surface area contributed by atoms with Crippen LogP contribution in [0.5, 0.6) is 11.5 Å². The molecule has 0 aliphatic carbocycles. The zero-order chi connectivity index (χ0) is 25.6. The number of benzene rings is 4. The zero-order valence-corrected chi connectivity index (χ0v) is 21.7. The van der Waals surface area contributed by atoms with Crippen LogP contribution in [0.2, 0.25) is 0 Å². The number of aryl methyl sites for hydroxylation is 2. The van der Waals surface area contributed by atoms with E-state index in [2.05, 4.69) is 84.1 Å². The van der Waals surface area contributed by atoms with Gasteiger partial charge in [-0.3, -0.25) is 0 Å². The Morgan fingerprint density at radius 3 is 2.43 bits per heavy atom. The van der Waals surface area contributed by atoms with Crippen molar-refractivity contribution in [1.82, 2.24) is 9.55 Å². The van der Waals surface area contributed by atoms with Gasteiger partial charge in [0.1, 0.15) is 23.2 Å². The number of nitrogens with one attached hydrogen (secondary N) is 1. The van der Waals surface area contributed by atoms with Crippen LogP contribution < -0.4 is 9.47 Å². The van der Waals surface area contributed by atoms with Gasteiger partial charge in [-0.1, -0.05) is 36.4 Å². The minimum atomic E-state index is -0.818. The summed E-state index contributed by atoms with van der Waals surface area (Å²) in [5, 5.41) is 16.6. The fraction of sp³-hybridized carbons (Fsp3) is 0.250. The lowest BCUT2D eigenvalue weighted by Gasteiger charge is -2.44. The van der Waals surface area contributed by atoms with Gasteiger partial charge in [-0.2, -0.15) is 0 Å². The number of aliphatic hydroxyl groups is 1. The van der Waals surface area contributed by atoms with E-state index in [4.69, 9.17) is 9.47 Å². The highest BCUT2D eigenvalue weighted by Crippen LogP contribution is 2.51. The Morgan fingerprint density at radius 1 is 0.919 bits per heavy atom. The van der Waals surface area contributed by atoms with Crippen LogP contribution in [-0.2, 0) is 0 Å². The summed E-state index contributed by atoms with van der Waals surface area (Å²) in [7, 11) is 1.72. The van der Waals surface area contributed by atoms with E-state index in [0.29, 0.717) is 0 Å². The third-order valence-corrected chi connectivity index (χ3v) is 8.06. The van der Waals surface area contributed by atoms with Crippen molar-refractivity contribution in [3.05, 3.63) is 83.4 Å². The fourth-order valence-electron chi connectivity index (χ4n) is 6.36. The molecule has 3 heterocycles. The third kappa shape index (κ3) is 2.95. The molecule has 0 fully saturated rings. The van der Waals surface area contributed by atoms with E-state index in [0.717, 1.165) is 71.8 Å². The highest BCUT2D eigenvalue weighted by atomic mass is 16.5. The van der Waals surface area contributed by atoms with E-state index in [1.807, 2.05) is 19.9 Å². The lowest BCUT2D eigenvalue weighted by atomic mass is 9.84. The summed E-state index contributed by atoms with van der Waals surface area (Å²) < 4.78 is 14.8. The van der Waals surface area contributed by atoms with Crippen LogP contribution in [0.3, 0.4) is 0 Å². The van der Waals surface area contributed by atoms with Gasteiger partial charge in [0.2, 0.25) is 0 Å². The molecule has 0 radical (unpaired) electrons. The summed E-state index contributed by atoms with van der Waals surface area (Å²) in [5.74, 6) is 1.63. The van der Waals surface area contributed by atoms with Crippen molar-refractivity contribution in [3.63, 3.8) is 0 Å². The molecule has 2 unspecified atom stereocenters. The SMILES string of the molecule is COc1cc(C)cc2c3ccccc3n(C3c4c(c(C)cc5c4[nH]c4ccccc45)OC(C)(C)C3O)c12. The van der Waals surface area contributed by atoms with Gasteiger partial charge in [0, 0.05) is 38.1 Å². The van der Waals surface area contributed by atoms with Crippen LogP contribution in [0.15, 0.2) is 66.7 Å². The minimum Gasteiger partial charge on any atom is -0.495 e. The normalized spacial score (nSPS) is 19.0. The molecular weight excluding hydrogens is 460 g/mol. The maximum atomic E-state index is 12.1. The molecular formula is C32H30N2O3. The first-order chi connectivity index (χ1) is 17.8. The lowest BCUT2D eigenvalue weighted by molar-refractivity contribution is -0.0621. The van der Waals surface area contributed by atoms with Gasteiger partial charge in [-0.05, 0) is 69.2 Å². The Bertz CT molecular complexity index is 1870. The van der Waals surface area contributed by atoms with Crippen LogP contribution in [0.4, 0.5) is 0 Å². The fourth-order valence-corrected chi connectivity index (χ4v) is 6.36. The van der Waals surface area contributed by atoms with Gasteiger partial charge in [0.05, 0.1) is 24.2 Å². The van der Waals surface area contributed by atoms with Crippen molar-refractivity contribution in [2.45, 2.75) is 45.4 Å². The van der Waals surface area contributed by atoms with Gasteiger partial charge in [-0.15, -0.1) is 0 Å². The van der Waals surface area contributed by atoms with Gasteiger partial charge < -0.3 is 24.1 Å². The average molecular weight is 491 g/mol. The number of methoxy groups -OCH3 is 1. The van der Waals surface area contributed by atoms with Crippen molar-refractivity contribution in [2.75, 3.05) is 7.11 Å². The van der Waals surface area contributed by atoms with E-state index < -0.39 is 17.7 Å². The summed E-state index contributed by atoms with van der Waals surface area (Å²) >= 11 is 0. The molecule has 2 N–H and O–H groups in total. The Balaban J connectivity index is 1.69. The second-order valence-electron chi connectivity index (χ2n) is 10.9. The molecule has 6 aromatic rings. The topological polar surface area (TPSA) is 59.4 Å². The van der Waals surface area contributed by atoms with E-state index >= 15 is 0 Å². The molecule has 37 heavy (non-hydrogen) atoms. The molecule has 0 bridgehead atoms. The quantitative estimate of drug-likeness (QED) is 0.270. The highest BCUT2D eigenvalue weighted by molar-refractivity contribution is 6.12. The monoisotopic (exact) mass is 490 g/mol. The molecule has 2 aromatic heterocycles. The predicted molar refractivity (Wildman–Crippen MR) is 150 cm³/mol. The second-order valence-corrected chi connectivity index (χ2v) is 10.9. The van der Waals surface area contributed by atoms with Gasteiger partial charge in [-0.25, -0.2) is 0 Å². The smallest absolute Gasteiger partial charge is 0.143 e. The molecule has 4 aromatic carbocycles. The number of fused-ring (bicyclic) bond motifs is 8. The largest absolute Gasteiger partial charge is 0.495 e. The van der Waals surface area contributed by atoms with E-state index in [9.17, 15) is 5.11 Å². The number of rotatable bonds is 2. The number of nitrogens with zero attached hydrogens (tertiary/aromatic N) is 1. The third-order valence-electron chi connectivity index (χ3n) is 8.06. The molecule has 7 rings (SSSR count). The number of aromatic nitrogens is 2. The molecule has 0 saturated carbocycles. The molecule has 186 valence electrons. The van der Waals surface area contributed by atoms with Crippen LogP contribution in [0.25, 0.3) is 43.6 Å². The molecule has 5 nitrogen and oxygen atoms in total. The molecule has 0 amide bonds. The van der Waals surface area contributed by atoms with Crippen molar-refractivity contribution >= 4 is 43.6 Å². The predicted octanol–water partition coefficient (Wildman–Crippen LogP) is 7.18. The summed E-state index contributed by atoms with van der Waals surface area (Å²) in [5.41, 5.74) is 6.46. The molecule has 0 spiro atoms. The Hall–Kier alpha value is -3.96. The number of hydrogen-bond acceptors (Lipinski definition) is 3. The van der Waals surface area contributed by atoms with Gasteiger partial charge >= 0.3 is 0 Å². The Morgan fingerprint density at radius 2 is 1.65 bits per heavy atom. The Kier molecular flexibility index (Phi) is 4.53. The summed E-state index contributed by atoms with van der Waals surface area (Å²) in [6.07, 6.45) is -0.818. The lowest BCUT2D eigenvalue weighted by Crippen LogP contribution is -2.50. The van der Waals surface area contributed by atoms with Crippen molar-refractivity contribution in [2.24, 2.45) is 0 Å². The van der Waals surface area contributed by atoms with Crippen molar-refractivity contribution in [1.29, 1.82) is 0 Å². The number of para-hydroxylation sites is 2. The highest BCUT2D eigenvalue weighted by Gasteiger charge is 2.46. The second kappa shape index (κ2) is 7.53. The van der Waals surface area contributed by atoms with E-state index in [1.165, 1.54) is 0 Å². The molecule has 0 saturated heterocycles. The van der Waals surface area contributed by atoms with Crippen molar-refractivity contribution < 1.29 is 14.6 Å². The minimum absolute atomic E-state index is 0.409. The van der Waals surface area contributed by atoms with E-state index in [1.54, 1.807) is 7.11 Å². The number of ether oxygens (including phenoxy) is 2. The number of aromatic amines is 1. The molecule has 1 aliphatic rings. The maximum Gasteiger partial charge on any atom is 0.143 e. The first kappa shape index (κ1) is 22.3. The molecule has 5 heteroatoms. The van der Waals surface area contributed by atoms with Crippen LogP contribution in [0.1, 0.15) is 36.6 Å². The maximum absolute atomic E-state index is 12.1. The number of H-pyrrole nitrogens is 1. The average Bonchev–Trinajstić information content (AvgIpc) is 3.41. The van der Waals surface area contributed by atoms with E-state index in [-0.39, 0.29) is 0 Å². The Labute approximate surface area is 215 Å². The summed E-state index contributed by atoms with van der Waals surface area (Å²) in [6, 6.07) is 22.8.